The van der Waals surface area contributed by atoms with Crippen molar-refractivity contribution < 1.29 is 0 Å². The molecule has 0 aliphatic rings. The van der Waals surface area contributed by atoms with Crippen molar-refractivity contribution in [1.29, 1.82) is 0 Å². The van der Waals surface area contributed by atoms with Crippen LogP contribution in [0.3, 0.4) is 0 Å². The highest BCUT2D eigenvalue weighted by Crippen LogP contribution is 2.51. The van der Waals surface area contributed by atoms with Crippen LogP contribution in [0.1, 0.15) is 0 Å². The molecule has 11 aromatic carbocycles. The van der Waals surface area contributed by atoms with Gasteiger partial charge in [-0.2, -0.15) is 0 Å². The maximum absolute atomic E-state index is 2.47. The van der Waals surface area contributed by atoms with E-state index in [2.05, 4.69) is 266 Å². The van der Waals surface area contributed by atoms with Crippen LogP contribution in [0.25, 0.3) is 88.3 Å². The Kier molecular flexibility index (Phi) is 9.97. The summed E-state index contributed by atoms with van der Waals surface area (Å²) in [5.74, 6) is 0. The summed E-state index contributed by atoms with van der Waals surface area (Å²) in [6, 6.07) is 94.7. The van der Waals surface area contributed by atoms with E-state index in [1.807, 2.05) is 0 Å². The Hall–Kier alpha value is -8.26. The minimum Gasteiger partial charge on any atom is -0.310 e. The van der Waals surface area contributed by atoms with Gasteiger partial charge in [-0.1, -0.05) is 231 Å². The Balaban J connectivity index is 1.18. The summed E-state index contributed by atoms with van der Waals surface area (Å²) in [7, 11) is 0. The molecule has 0 aromatic heterocycles. The van der Waals surface area contributed by atoms with E-state index in [4.69, 9.17) is 0 Å². The lowest BCUT2D eigenvalue weighted by molar-refractivity contribution is 1.30. The molecule has 0 amide bonds. The second kappa shape index (κ2) is 16.7. The van der Waals surface area contributed by atoms with Gasteiger partial charge >= 0.3 is 0 Å². The molecule has 0 aliphatic heterocycles. The molecule has 0 saturated heterocycles. The first-order valence-corrected chi connectivity index (χ1v) is 21.7. The summed E-state index contributed by atoms with van der Waals surface area (Å²) in [5, 5.41) is 4.88. The van der Waals surface area contributed by atoms with Gasteiger partial charge in [0.05, 0.1) is 5.69 Å². The molecule has 1 nitrogen and oxygen atoms in total. The van der Waals surface area contributed by atoms with E-state index < -0.39 is 0 Å². The van der Waals surface area contributed by atoms with E-state index in [0.29, 0.717) is 0 Å². The van der Waals surface area contributed by atoms with Crippen molar-refractivity contribution in [3.63, 3.8) is 0 Å². The van der Waals surface area contributed by atoms with Crippen LogP contribution in [0.4, 0.5) is 17.1 Å². The van der Waals surface area contributed by atoms with Crippen molar-refractivity contribution in [2.24, 2.45) is 0 Å². The van der Waals surface area contributed by atoms with Gasteiger partial charge in [0.2, 0.25) is 0 Å². The Bertz CT molecular complexity index is 3320. The van der Waals surface area contributed by atoms with Crippen LogP contribution in [0.5, 0.6) is 0 Å². The number of fused-ring (bicyclic) bond motifs is 3. The largest absolute Gasteiger partial charge is 0.310 e. The Labute approximate surface area is 369 Å². The lowest BCUT2D eigenvalue weighted by Gasteiger charge is -2.30. The maximum atomic E-state index is 2.47. The van der Waals surface area contributed by atoms with Crippen molar-refractivity contribution in [2.75, 3.05) is 4.90 Å². The van der Waals surface area contributed by atoms with Crippen molar-refractivity contribution in [3.05, 3.63) is 261 Å². The molecular formula is C62H43N. The maximum Gasteiger partial charge on any atom is 0.0546 e. The molecule has 0 atom stereocenters. The number of anilines is 3. The first-order chi connectivity index (χ1) is 31.3. The highest BCUT2D eigenvalue weighted by Gasteiger charge is 2.24. The minimum absolute atomic E-state index is 1.08. The van der Waals surface area contributed by atoms with Crippen LogP contribution >= 0.6 is 0 Å². The molecule has 0 radical (unpaired) electrons. The molecule has 0 unspecified atom stereocenters. The quantitative estimate of drug-likeness (QED) is 0.131. The lowest BCUT2D eigenvalue weighted by Crippen LogP contribution is -2.11. The third-order valence-electron chi connectivity index (χ3n) is 12.3. The normalized spacial score (nSPS) is 11.2. The number of hydrogen-bond acceptors (Lipinski definition) is 1. The van der Waals surface area contributed by atoms with Crippen LogP contribution in [-0.4, -0.2) is 0 Å². The third kappa shape index (κ3) is 7.16. The SMILES string of the molecule is c1ccc(-c2ccc(-c3ccc(N(c4ccc(-c5ccccc5)c(-c5ccccc5)c4)c4cccc5c4c(-c4ccccc4)c(-c4ccccc4)c4ccccc45)cc3)cc2)cc1. The summed E-state index contributed by atoms with van der Waals surface area (Å²) in [5.41, 5.74) is 17.6. The fourth-order valence-corrected chi connectivity index (χ4v) is 9.32. The van der Waals surface area contributed by atoms with E-state index in [0.717, 1.165) is 17.1 Å². The second-order valence-corrected chi connectivity index (χ2v) is 16.0. The van der Waals surface area contributed by atoms with E-state index in [-0.39, 0.29) is 0 Å². The summed E-state index contributed by atoms with van der Waals surface area (Å²) in [6.45, 7) is 0. The molecule has 0 fully saturated rings. The van der Waals surface area contributed by atoms with Gasteiger partial charge in [-0.15, -0.1) is 0 Å². The van der Waals surface area contributed by atoms with Gasteiger partial charge in [0.25, 0.3) is 0 Å². The molecule has 11 rings (SSSR count). The Morgan fingerprint density at radius 1 is 0.222 bits per heavy atom. The summed E-state index contributed by atoms with van der Waals surface area (Å²) in [4.78, 5) is 2.47. The molecule has 63 heavy (non-hydrogen) atoms. The molecule has 0 aliphatic carbocycles. The van der Waals surface area contributed by atoms with Crippen LogP contribution in [-0.2, 0) is 0 Å². The van der Waals surface area contributed by atoms with Gasteiger partial charge in [-0.05, 0) is 108 Å². The van der Waals surface area contributed by atoms with Crippen molar-refractivity contribution in [1.82, 2.24) is 0 Å². The average Bonchev–Trinajstić information content (AvgIpc) is 3.37. The summed E-state index contributed by atoms with van der Waals surface area (Å²) >= 11 is 0. The summed E-state index contributed by atoms with van der Waals surface area (Å²) < 4.78 is 0. The van der Waals surface area contributed by atoms with E-state index in [9.17, 15) is 0 Å². The molecule has 11 aromatic rings. The van der Waals surface area contributed by atoms with Gasteiger partial charge in [0, 0.05) is 22.3 Å². The van der Waals surface area contributed by atoms with Crippen LogP contribution < -0.4 is 4.90 Å². The van der Waals surface area contributed by atoms with Gasteiger partial charge in [-0.25, -0.2) is 0 Å². The van der Waals surface area contributed by atoms with Gasteiger partial charge in [0.15, 0.2) is 0 Å². The van der Waals surface area contributed by atoms with Crippen LogP contribution in [0.2, 0.25) is 0 Å². The van der Waals surface area contributed by atoms with Gasteiger partial charge < -0.3 is 4.90 Å². The monoisotopic (exact) mass is 801 g/mol. The standard InChI is InChI=1S/C62H43N/c1-6-19-44(20-7-1)45-33-35-46(36-34-45)47-37-39-52(40-38-47)63(53-41-42-54(48-21-8-2-9-22-48)58(43-53)49-23-10-3-11-24-49)59-32-18-31-57-55-29-16-17-30-56(55)60(50-25-12-4-13-26-50)61(62(57)59)51-27-14-5-15-28-51/h1-43H. The minimum atomic E-state index is 1.08. The molecule has 1 heteroatoms. The Morgan fingerprint density at radius 2 is 0.619 bits per heavy atom. The van der Waals surface area contributed by atoms with Crippen LogP contribution in [0.15, 0.2) is 261 Å². The van der Waals surface area contributed by atoms with E-state index in [1.54, 1.807) is 0 Å². The zero-order valence-electron chi connectivity index (χ0n) is 34.8. The average molecular weight is 802 g/mol. The third-order valence-corrected chi connectivity index (χ3v) is 12.3. The van der Waals surface area contributed by atoms with Gasteiger partial charge in [0.1, 0.15) is 0 Å². The predicted molar refractivity (Wildman–Crippen MR) is 269 cm³/mol. The molecule has 0 bridgehead atoms. The van der Waals surface area contributed by atoms with Gasteiger partial charge in [-0.3, -0.25) is 0 Å². The van der Waals surface area contributed by atoms with Crippen molar-refractivity contribution in [3.8, 4) is 66.8 Å². The molecule has 0 spiro atoms. The second-order valence-electron chi connectivity index (χ2n) is 16.0. The zero-order chi connectivity index (χ0) is 42.0. The number of nitrogens with zero attached hydrogens (tertiary/aromatic N) is 1. The topological polar surface area (TPSA) is 3.24 Å². The highest BCUT2D eigenvalue weighted by molar-refractivity contribution is 6.25. The fourth-order valence-electron chi connectivity index (χ4n) is 9.32. The smallest absolute Gasteiger partial charge is 0.0546 e. The predicted octanol–water partition coefficient (Wildman–Crippen LogP) is 17.5. The molecular weight excluding hydrogens is 759 g/mol. The molecule has 0 saturated carbocycles. The van der Waals surface area contributed by atoms with Crippen molar-refractivity contribution in [2.45, 2.75) is 0 Å². The molecule has 296 valence electrons. The number of rotatable bonds is 9. The van der Waals surface area contributed by atoms with Crippen molar-refractivity contribution >= 4 is 38.6 Å². The van der Waals surface area contributed by atoms with E-state index >= 15 is 0 Å². The first kappa shape index (κ1) is 37.7. The summed E-state index contributed by atoms with van der Waals surface area (Å²) in [6.07, 6.45) is 0. The zero-order valence-corrected chi connectivity index (χ0v) is 34.8. The molecule has 0 N–H and O–H groups in total. The number of benzene rings is 11. The number of hydrogen-bond donors (Lipinski definition) is 0. The lowest BCUT2D eigenvalue weighted by atomic mass is 9.84. The first-order valence-electron chi connectivity index (χ1n) is 21.7. The van der Waals surface area contributed by atoms with E-state index in [1.165, 1.54) is 88.3 Å². The molecule has 0 heterocycles. The van der Waals surface area contributed by atoms with Crippen LogP contribution in [0, 0.1) is 0 Å². The Morgan fingerprint density at radius 3 is 1.17 bits per heavy atom. The highest BCUT2D eigenvalue weighted by atomic mass is 15.1. The fraction of sp³-hybridized carbons (Fsp3) is 0.